The van der Waals surface area contributed by atoms with Crippen molar-refractivity contribution in [1.29, 1.82) is 0 Å². The maximum atomic E-state index is 12.8. The van der Waals surface area contributed by atoms with Crippen molar-refractivity contribution in [3.63, 3.8) is 0 Å². The van der Waals surface area contributed by atoms with E-state index in [1.54, 1.807) is 0 Å². The second kappa shape index (κ2) is 19.1. The van der Waals surface area contributed by atoms with Crippen LogP contribution in [0.3, 0.4) is 0 Å². The molecular weight excluding hydrogens is 768 g/mol. The van der Waals surface area contributed by atoms with Crippen LogP contribution in [0.5, 0.6) is 0 Å². The molecule has 0 radical (unpaired) electrons. The van der Waals surface area contributed by atoms with E-state index in [0.717, 1.165) is 13.8 Å². The Morgan fingerprint density at radius 1 is 0.732 bits per heavy atom. The highest BCUT2D eigenvalue weighted by Gasteiger charge is 2.60. The summed E-state index contributed by atoms with van der Waals surface area (Å²) in [4.78, 5) is 36.4. The largest absolute Gasteiger partial charge is 0.477 e. The fraction of sp³-hybridized carbons (Fsp3) is 0.903. The van der Waals surface area contributed by atoms with E-state index < -0.39 is 172 Å². The van der Waals surface area contributed by atoms with Crippen LogP contribution in [0.25, 0.3) is 0 Å². The molecule has 4 heterocycles. The van der Waals surface area contributed by atoms with Gasteiger partial charge in [0.2, 0.25) is 11.8 Å². The normalized spacial score (nSPS) is 45.7. The van der Waals surface area contributed by atoms with Crippen LogP contribution in [0.4, 0.5) is 0 Å². The van der Waals surface area contributed by atoms with Gasteiger partial charge < -0.3 is 110 Å². The van der Waals surface area contributed by atoms with Crippen LogP contribution < -0.4 is 10.6 Å². The predicted molar refractivity (Wildman–Crippen MR) is 173 cm³/mol. The number of carboxylic acids is 1. The van der Waals surface area contributed by atoms with Gasteiger partial charge in [0.15, 0.2) is 18.9 Å². The van der Waals surface area contributed by atoms with Crippen LogP contribution >= 0.6 is 0 Å². The molecule has 4 aliphatic rings. The zero-order chi connectivity index (χ0) is 42.0. The molecule has 15 N–H and O–H groups in total. The number of hydrogen-bond acceptors (Lipinski definition) is 22. The quantitative estimate of drug-likeness (QED) is 0.0773. The monoisotopic (exact) mass is 820 g/mol. The van der Waals surface area contributed by atoms with Crippen LogP contribution in [0.2, 0.25) is 0 Å². The van der Waals surface area contributed by atoms with Crippen molar-refractivity contribution in [3.05, 3.63) is 0 Å². The van der Waals surface area contributed by atoms with Gasteiger partial charge in [-0.3, -0.25) is 9.59 Å². The average Bonchev–Trinajstić information content (AvgIpc) is 3.14. The predicted octanol–water partition coefficient (Wildman–Crippen LogP) is -9.23. The van der Waals surface area contributed by atoms with E-state index in [9.17, 15) is 80.8 Å². The minimum absolute atomic E-state index is 0.677. The van der Waals surface area contributed by atoms with Gasteiger partial charge in [0, 0.05) is 20.3 Å². The number of amides is 2. The maximum absolute atomic E-state index is 12.8. The van der Waals surface area contributed by atoms with Crippen LogP contribution in [-0.2, 0) is 47.5 Å². The van der Waals surface area contributed by atoms with Crippen molar-refractivity contribution in [2.75, 3.05) is 19.8 Å². The molecule has 4 aliphatic heterocycles. The van der Waals surface area contributed by atoms with Crippen LogP contribution in [-0.4, -0.2) is 232 Å². The summed E-state index contributed by atoms with van der Waals surface area (Å²) >= 11 is 0. The van der Waals surface area contributed by atoms with Crippen molar-refractivity contribution in [1.82, 2.24) is 10.6 Å². The van der Waals surface area contributed by atoms with E-state index >= 15 is 0 Å². The summed E-state index contributed by atoms with van der Waals surface area (Å²) < 4.78 is 39.0. The fourth-order valence-electron chi connectivity index (χ4n) is 6.99. The SMILES string of the molecule is CC(=O)N[C@H]1[C@H]([C@H](O)[C@H](O)CO)O[C@@](O[C@H]2[C@@H](O)[C@@H](CO)O[C@@H](O[C@H]3[C@H](O)[C@@H](O[C@H]4[C@H](O)[C@@H](NC(C)=O)C(O)O[C@@H]4CO)O[C@@H](C)[C@H]3O)[C@@H]2O)(C(=O)O)C[C@@H]1O. The molecule has 4 saturated heterocycles. The molecule has 25 heteroatoms. The lowest BCUT2D eigenvalue weighted by Gasteiger charge is -2.51. The topological polar surface area (TPSA) is 403 Å². The average molecular weight is 821 g/mol. The van der Waals surface area contributed by atoms with Gasteiger partial charge in [0.25, 0.3) is 5.79 Å². The van der Waals surface area contributed by atoms with Gasteiger partial charge in [-0.25, -0.2) is 4.79 Å². The Hall–Kier alpha value is -2.35. The molecule has 0 aromatic carbocycles. The molecule has 0 spiro atoms. The minimum Gasteiger partial charge on any atom is -0.477 e. The molecule has 0 saturated carbocycles. The first-order valence-corrected chi connectivity index (χ1v) is 17.6. The molecule has 0 aliphatic carbocycles. The minimum atomic E-state index is -3.09. The van der Waals surface area contributed by atoms with Gasteiger partial charge in [-0.1, -0.05) is 0 Å². The molecule has 56 heavy (non-hydrogen) atoms. The molecular formula is C31H52N2O23. The lowest BCUT2D eigenvalue weighted by Crippen LogP contribution is -2.71. The van der Waals surface area contributed by atoms with E-state index in [1.807, 2.05) is 0 Å². The van der Waals surface area contributed by atoms with Crippen molar-refractivity contribution < 1.29 is 114 Å². The fourth-order valence-corrected chi connectivity index (χ4v) is 6.99. The Morgan fingerprint density at radius 3 is 1.84 bits per heavy atom. The first-order chi connectivity index (χ1) is 26.2. The Labute approximate surface area is 317 Å². The molecule has 4 fully saturated rings. The van der Waals surface area contributed by atoms with Crippen molar-refractivity contribution in [2.45, 2.75) is 155 Å². The number of carbonyl (C=O) groups excluding carboxylic acids is 2. The van der Waals surface area contributed by atoms with Gasteiger partial charge in [-0.2, -0.15) is 0 Å². The number of hydrogen-bond donors (Lipinski definition) is 15. The summed E-state index contributed by atoms with van der Waals surface area (Å²) in [6.45, 7) is 0.459. The summed E-state index contributed by atoms with van der Waals surface area (Å²) in [5.74, 6) is -6.56. The van der Waals surface area contributed by atoms with Gasteiger partial charge in [-0.05, 0) is 6.92 Å². The summed E-state index contributed by atoms with van der Waals surface area (Å²) in [5.41, 5.74) is 0. The number of rotatable bonds is 14. The lowest BCUT2D eigenvalue weighted by atomic mass is 9.88. The Kier molecular flexibility index (Phi) is 15.8. The highest BCUT2D eigenvalue weighted by atomic mass is 16.8. The molecule has 4 rings (SSSR count). The third kappa shape index (κ3) is 9.74. The molecule has 0 aromatic rings. The number of aliphatic carboxylic acids is 1. The summed E-state index contributed by atoms with van der Waals surface area (Å²) in [7, 11) is 0. The molecule has 324 valence electrons. The Balaban J connectivity index is 1.60. The molecule has 21 atom stereocenters. The Bertz CT molecular complexity index is 1330. The van der Waals surface area contributed by atoms with Gasteiger partial charge in [0.05, 0.1) is 38.1 Å². The number of nitrogens with one attached hydrogen (secondary N) is 2. The summed E-state index contributed by atoms with van der Waals surface area (Å²) in [6, 6.07) is -3.06. The van der Waals surface area contributed by atoms with Crippen LogP contribution in [0, 0.1) is 0 Å². The second-order valence-corrected chi connectivity index (χ2v) is 14.0. The van der Waals surface area contributed by atoms with E-state index in [2.05, 4.69) is 10.6 Å². The van der Waals surface area contributed by atoms with E-state index in [4.69, 9.17) is 33.2 Å². The van der Waals surface area contributed by atoms with Gasteiger partial charge in [0.1, 0.15) is 85.4 Å². The van der Waals surface area contributed by atoms with Crippen LogP contribution in [0.1, 0.15) is 27.2 Å². The first kappa shape index (κ1) is 46.3. The zero-order valence-electron chi connectivity index (χ0n) is 30.3. The van der Waals surface area contributed by atoms with E-state index in [0.29, 0.717) is 0 Å². The highest BCUT2D eigenvalue weighted by molar-refractivity contribution is 5.76. The molecule has 0 aromatic heterocycles. The Morgan fingerprint density at radius 2 is 1.29 bits per heavy atom. The molecule has 1 unspecified atom stereocenters. The number of ether oxygens (including phenoxy) is 7. The van der Waals surface area contributed by atoms with Gasteiger partial charge >= 0.3 is 5.97 Å². The summed E-state index contributed by atoms with van der Waals surface area (Å²) in [5, 5.41) is 142. The number of aliphatic hydroxyl groups is 12. The van der Waals surface area contributed by atoms with Gasteiger partial charge in [-0.15, -0.1) is 0 Å². The zero-order valence-corrected chi connectivity index (χ0v) is 30.3. The second-order valence-electron chi connectivity index (χ2n) is 14.0. The molecule has 2 amide bonds. The third-order valence-electron chi connectivity index (χ3n) is 9.94. The highest BCUT2D eigenvalue weighted by Crippen LogP contribution is 2.38. The molecule has 25 nitrogen and oxygen atoms in total. The number of aliphatic hydroxyl groups excluding tert-OH is 12. The van der Waals surface area contributed by atoms with Crippen molar-refractivity contribution in [3.8, 4) is 0 Å². The first-order valence-electron chi connectivity index (χ1n) is 17.6. The maximum Gasteiger partial charge on any atom is 0.364 e. The number of carboxylic acid groups (broad SMARTS) is 1. The third-order valence-corrected chi connectivity index (χ3v) is 9.94. The molecule has 0 bridgehead atoms. The van der Waals surface area contributed by atoms with E-state index in [-0.39, 0.29) is 0 Å². The number of carbonyl (C=O) groups is 3. The van der Waals surface area contributed by atoms with E-state index in [1.165, 1.54) is 6.92 Å². The van der Waals surface area contributed by atoms with Crippen molar-refractivity contribution in [2.24, 2.45) is 0 Å². The smallest absolute Gasteiger partial charge is 0.364 e. The summed E-state index contributed by atoms with van der Waals surface area (Å²) in [6.07, 6.45) is -34.9. The van der Waals surface area contributed by atoms with Crippen molar-refractivity contribution >= 4 is 17.8 Å². The standard InChI is InChI=1S/C31H52N2O23/c1-8-17(41)25(21(45)28(50-8)53-23-14(7-36)51-27(47)16(20(23)44)33-10(3)38)54-29-22(46)26(19(43)13(6-35)52-29)56-31(30(48)49)4-11(39)15(32-9(2)37)24(55-31)18(42)12(40)5-34/h8,11-29,34-36,39-47H,4-7H2,1-3H3,(H,32,37)(H,33,38)(H,48,49)/t8-,11-,12+,13+,14+,15+,16+,17+,18+,19-,20+,21-,22+,23+,24+,25+,26-,27?,28+,29-,31-/m0/s1. The van der Waals surface area contributed by atoms with Crippen LogP contribution in [0.15, 0.2) is 0 Å². The lowest BCUT2D eigenvalue weighted by molar-refractivity contribution is -0.390.